The van der Waals surface area contributed by atoms with E-state index in [1.807, 2.05) is 13.0 Å². The monoisotopic (exact) mass is 166 g/mol. The second kappa shape index (κ2) is 2.93. The standard InChI is InChI=1S/C9H10OS/c1-4-9-8(7(3)10)5-6(2)11-9/h4-5,10H,1,3H2,2H3. The molecule has 0 aromatic carbocycles. The van der Waals surface area contributed by atoms with E-state index in [2.05, 4.69) is 13.2 Å². The smallest absolute Gasteiger partial charge is 0.117 e. The Balaban J connectivity index is 3.22. The first-order valence-corrected chi connectivity index (χ1v) is 4.08. The molecule has 1 N–H and O–H groups in total. The molecule has 0 saturated carbocycles. The van der Waals surface area contributed by atoms with E-state index in [-0.39, 0.29) is 5.76 Å². The Morgan fingerprint density at radius 2 is 2.36 bits per heavy atom. The van der Waals surface area contributed by atoms with Gasteiger partial charge in [0.2, 0.25) is 0 Å². The minimum absolute atomic E-state index is 0.115. The molecule has 0 radical (unpaired) electrons. The number of aliphatic hydroxyl groups excluding tert-OH is 1. The maximum absolute atomic E-state index is 9.11. The predicted octanol–water partition coefficient (Wildman–Crippen LogP) is 3.23. The van der Waals surface area contributed by atoms with Crippen molar-refractivity contribution in [1.29, 1.82) is 0 Å². The van der Waals surface area contributed by atoms with Crippen molar-refractivity contribution in [1.82, 2.24) is 0 Å². The van der Waals surface area contributed by atoms with Crippen LogP contribution in [0.5, 0.6) is 0 Å². The van der Waals surface area contributed by atoms with Crippen molar-refractivity contribution in [3.8, 4) is 0 Å². The fourth-order valence-electron chi connectivity index (χ4n) is 0.909. The molecule has 0 atom stereocenters. The highest BCUT2D eigenvalue weighted by molar-refractivity contribution is 7.13. The minimum atomic E-state index is 0.115. The molecule has 1 rings (SSSR count). The lowest BCUT2D eigenvalue weighted by atomic mass is 10.2. The normalized spacial score (nSPS) is 9.55. The zero-order chi connectivity index (χ0) is 8.43. The molecule has 1 nitrogen and oxygen atoms in total. The summed E-state index contributed by atoms with van der Waals surface area (Å²) in [6.45, 7) is 9.10. The number of rotatable bonds is 2. The molecule has 0 aliphatic rings. The van der Waals surface area contributed by atoms with E-state index in [0.717, 1.165) is 15.3 Å². The molecule has 0 fully saturated rings. The van der Waals surface area contributed by atoms with E-state index in [0.29, 0.717) is 0 Å². The Kier molecular flexibility index (Phi) is 2.15. The van der Waals surface area contributed by atoms with Crippen molar-refractivity contribution < 1.29 is 5.11 Å². The summed E-state index contributed by atoms with van der Waals surface area (Å²) in [7, 11) is 0. The molecule has 0 unspecified atom stereocenters. The highest BCUT2D eigenvalue weighted by Crippen LogP contribution is 2.26. The van der Waals surface area contributed by atoms with Gasteiger partial charge in [-0.25, -0.2) is 0 Å². The molecular formula is C9H10OS. The van der Waals surface area contributed by atoms with Crippen molar-refractivity contribution in [3.05, 3.63) is 34.5 Å². The fraction of sp³-hybridized carbons (Fsp3) is 0.111. The van der Waals surface area contributed by atoms with E-state index in [4.69, 9.17) is 5.11 Å². The predicted molar refractivity (Wildman–Crippen MR) is 50.8 cm³/mol. The average molecular weight is 166 g/mol. The summed E-state index contributed by atoms with van der Waals surface area (Å²) in [5, 5.41) is 9.11. The van der Waals surface area contributed by atoms with E-state index in [1.54, 1.807) is 17.4 Å². The number of aliphatic hydroxyl groups is 1. The van der Waals surface area contributed by atoms with Crippen LogP contribution in [-0.4, -0.2) is 5.11 Å². The Morgan fingerprint density at radius 3 is 2.73 bits per heavy atom. The van der Waals surface area contributed by atoms with Crippen LogP contribution in [0.4, 0.5) is 0 Å². The maximum atomic E-state index is 9.11. The molecule has 0 spiro atoms. The van der Waals surface area contributed by atoms with Gasteiger partial charge < -0.3 is 5.11 Å². The van der Waals surface area contributed by atoms with Crippen molar-refractivity contribution in [3.63, 3.8) is 0 Å². The number of hydrogen-bond acceptors (Lipinski definition) is 2. The van der Waals surface area contributed by atoms with Gasteiger partial charge in [-0.2, -0.15) is 0 Å². The first-order valence-electron chi connectivity index (χ1n) is 3.26. The summed E-state index contributed by atoms with van der Waals surface area (Å²) in [6, 6.07) is 1.91. The van der Waals surface area contributed by atoms with Crippen LogP contribution < -0.4 is 0 Å². The van der Waals surface area contributed by atoms with Crippen molar-refractivity contribution >= 4 is 23.2 Å². The van der Waals surface area contributed by atoms with Gasteiger partial charge in [-0.05, 0) is 13.0 Å². The summed E-state index contributed by atoms with van der Waals surface area (Å²) in [5.41, 5.74) is 0.794. The summed E-state index contributed by atoms with van der Waals surface area (Å²) < 4.78 is 0. The summed E-state index contributed by atoms with van der Waals surface area (Å²) >= 11 is 1.60. The van der Waals surface area contributed by atoms with Gasteiger partial charge in [0.05, 0.1) is 0 Å². The average Bonchev–Trinajstić information content (AvgIpc) is 2.30. The van der Waals surface area contributed by atoms with E-state index >= 15 is 0 Å². The van der Waals surface area contributed by atoms with Crippen LogP contribution >= 0.6 is 11.3 Å². The first kappa shape index (κ1) is 8.08. The molecule has 0 bridgehead atoms. The van der Waals surface area contributed by atoms with Crippen LogP contribution in [0.3, 0.4) is 0 Å². The lowest BCUT2D eigenvalue weighted by molar-refractivity contribution is 0.514. The SMILES string of the molecule is C=Cc1sc(C)cc1C(=C)O. The van der Waals surface area contributed by atoms with Crippen molar-refractivity contribution in [2.75, 3.05) is 0 Å². The molecule has 58 valence electrons. The molecule has 1 aromatic heterocycles. The summed E-state index contributed by atoms with van der Waals surface area (Å²) in [6.07, 6.45) is 1.73. The second-order valence-corrected chi connectivity index (χ2v) is 3.57. The zero-order valence-corrected chi connectivity index (χ0v) is 7.24. The van der Waals surface area contributed by atoms with Gasteiger partial charge >= 0.3 is 0 Å². The lowest BCUT2D eigenvalue weighted by Crippen LogP contribution is -1.77. The highest BCUT2D eigenvalue weighted by Gasteiger charge is 2.05. The second-order valence-electron chi connectivity index (χ2n) is 2.29. The van der Waals surface area contributed by atoms with Gasteiger partial charge in [0.25, 0.3) is 0 Å². The highest BCUT2D eigenvalue weighted by atomic mass is 32.1. The molecule has 2 heteroatoms. The first-order chi connectivity index (χ1) is 5.15. The third-order valence-corrected chi connectivity index (χ3v) is 2.43. The summed E-state index contributed by atoms with van der Waals surface area (Å²) in [4.78, 5) is 2.14. The number of aryl methyl sites for hydroxylation is 1. The third-order valence-electron chi connectivity index (χ3n) is 1.38. The Labute approximate surface area is 70.3 Å². The topological polar surface area (TPSA) is 20.2 Å². The maximum Gasteiger partial charge on any atom is 0.117 e. The molecule has 0 aliphatic carbocycles. The van der Waals surface area contributed by atoms with Crippen LogP contribution in [0.15, 0.2) is 19.2 Å². The van der Waals surface area contributed by atoms with Crippen LogP contribution in [0.1, 0.15) is 15.3 Å². The van der Waals surface area contributed by atoms with Crippen LogP contribution in [0.2, 0.25) is 0 Å². The van der Waals surface area contributed by atoms with Gasteiger partial charge in [0, 0.05) is 15.3 Å². The molecule has 0 amide bonds. The van der Waals surface area contributed by atoms with E-state index in [1.165, 1.54) is 0 Å². The molecule has 0 saturated heterocycles. The molecular weight excluding hydrogens is 156 g/mol. The molecule has 11 heavy (non-hydrogen) atoms. The molecule has 0 aliphatic heterocycles. The van der Waals surface area contributed by atoms with Gasteiger partial charge in [-0.3, -0.25) is 0 Å². The van der Waals surface area contributed by atoms with Crippen LogP contribution in [0.25, 0.3) is 11.8 Å². The zero-order valence-electron chi connectivity index (χ0n) is 6.42. The Bertz CT molecular complexity index is 297. The van der Waals surface area contributed by atoms with Gasteiger partial charge in [-0.15, -0.1) is 11.3 Å². The van der Waals surface area contributed by atoms with Gasteiger partial charge in [0.15, 0.2) is 0 Å². The van der Waals surface area contributed by atoms with E-state index in [9.17, 15) is 0 Å². The fourth-order valence-corrected chi connectivity index (χ4v) is 1.80. The summed E-state index contributed by atoms with van der Waals surface area (Å²) in [5.74, 6) is 0.115. The van der Waals surface area contributed by atoms with Crippen molar-refractivity contribution in [2.24, 2.45) is 0 Å². The molecule has 1 aromatic rings. The quantitative estimate of drug-likeness (QED) is 0.669. The third kappa shape index (κ3) is 1.52. The number of hydrogen-bond donors (Lipinski definition) is 1. The Hall–Kier alpha value is -1.02. The van der Waals surface area contributed by atoms with Gasteiger partial charge in [0.1, 0.15) is 5.76 Å². The number of thiophene rings is 1. The van der Waals surface area contributed by atoms with Crippen LogP contribution in [-0.2, 0) is 0 Å². The van der Waals surface area contributed by atoms with Crippen LogP contribution in [0, 0.1) is 6.92 Å². The minimum Gasteiger partial charge on any atom is -0.508 e. The molecule has 1 heterocycles. The lowest BCUT2D eigenvalue weighted by Gasteiger charge is -1.93. The van der Waals surface area contributed by atoms with Gasteiger partial charge in [-0.1, -0.05) is 19.2 Å². The van der Waals surface area contributed by atoms with E-state index < -0.39 is 0 Å². The largest absolute Gasteiger partial charge is 0.508 e. The van der Waals surface area contributed by atoms with Crippen molar-refractivity contribution in [2.45, 2.75) is 6.92 Å². The Morgan fingerprint density at radius 1 is 1.73 bits per heavy atom.